The van der Waals surface area contributed by atoms with Crippen LogP contribution in [0.4, 0.5) is 5.69 Å². The molecule has 2 aromatic carbocycles. The number of piperidine rings is 1. The highest BCUT2D eigenvalue weighted by Crippen LogP contribution is 2.26. The SMILES string of the molecule is COc1cccc(-c2ccc(NC(=O)C3CCCN(C(=O)c4ncoc4C)C3)cc2)c1. The number of amides is 2. The molecule has 1 aromatic heterocycles. The van der Waals surface area contributed by atoms with Crippen molar-refractivity contribution in [1.82, 2.24) is 9.88 Å². The number of ether oxygens (including phenoxy) is 1. The zero-order valence-corrected chi connectivity index (χ0v) is 17.6. The highest BCUT2D eigenvalue weighted by Gasteiger charge is 2.30. The maximum absolute atomic E-state index is 12.8. The first-order chi connectivity index (χ1) is 15.0. The van der Waals surface area contributed by atoms with Crippen LogP contribution in [0.2, 0.25) is 0 Å². The average molecular weight is 419 g/mol. The van der Waals surface area contributed by atoms with Crippen molar-refractivity contribution in [2.45, 2.75) is 19.8 Å². The van der Waals surface area contributed by atoms with E-state index in [4.69, 9.17) is 9.15 Å². The summed E-state index contributed by atoms with van der Waals surface area (Å²) in [5.41, 5.74) is 3.12. The van der Waals surface area contributed by atoms with Crippen molar-refractivity contribution in [3.63, 3.8) is 0 Å². The van der Waals surface area contributed by atoms with Crippen molar-refractivity contribution in [2.75, 3.05) is 25.5 Å². The van der Waals surface area contributed by atoms with E-state index in [1.54, 1.807) is 18.9 Å². The topological polar surface area (TPSA) is 84.7 Å². The fourth-order valence-electron chi connectivity index (χ4n) is 3.83. The normalized spacial score (nSPS) is 16.1. The van der Waals surface area contributed by atoms with Crippen LogP contribution in [0, 0.1) is 12.8 Å². The molecule has 2 heterocycles. The second-order valence-corrected chi connectivity index (χ2v) is 7.65. The zero-order chi connectivity index (χ0) is 21.8. The number of carbonyl (C=O) groups excluding carboxylic acids is 2. The Hall–Kier alpha value is -3.61. The van der Waals surface area contributed by atoms with Crippen LogP contribution < -0.4 is 10.1 Å². The van der Waals surface area contributed by atoms with Crippen molar-refractivity contribution in [3.05, 3.63) is 66.4 Å². The standard InChI is InChI=1S/C24H25N3O4/c1-16-22(25-15-31-16)24(29)27-12-4-6-19(14-27)23(28)26-20-10-8-17(9-11-20)18-5-3-7-21(13-18)30-2/h3,5,7-11,13,15,19H,4,6,12,14H2,1-2H3,(H,26,28). The number of benzene rings is 2. The van der Waals surface area contributed by atoms with Gasteiger partial charge in [0.05, 0.1) is 13.0 Å². The lowest BCUT2D eigenvalue weighted by Gasteiger charge is -2.31. The summed E-state index contributed by atoms with van der Waals surface area (Å²) >= 11 is 0. The van der Waals surface area contributed by atoms with Gasteiger partial charge in [-0.15, -0.1) is 0 Å². The van der Waals surface area contributed by atoms with Crippen LogP contribution in [0.3, 0.4) is 0 Å². The molecule has 7 nitrogen and oxygen atoms in total. The number of anilines is 1. The molecule has 1 aliphatic rings. The number of rotatable bonds is 5. The van der Waals surface area contributed by atoms with Gasteiger partial charge in [0.2, 0.25) is 5.91 Å². The van der Waals surface area contributed by atoms with Gasteiger partial charge < -0.3 is 19.4 Å². The van der Waals surface area contributed by atoms with Crippen LogP contribution >= 0.6 is 0 Å². The van der Waals surface area contributed by atoms with Gasteiger partial charge in [0.15, 0.2) is 12.1 Å². The van der Waals surface area contributed by atoms with Crippen molar-refractivity contribution in [1.29, 1.82) is 0 Å². The highest BCUT2D eigenvalue weighted by molar-refractivity contribution is 5.95. The lowest BCUT2D eigenvalue weighted by Crippen LogP contribution is -2.44. The summed E-state index contributed by atoms with van der Waals surface area (Å²) in [6, 6.07) is 15.5. The van der Waals surface area contributed by atoms with Crippen LogP contribution in [0.5, 0.6) is 5.75 Å². The van der Waals surface area contributed by atoms with Crippen molar-refractivity contribution in [3.8, 4) is 16.9 Å². The zero-order valence-electron chi connectivity index (χ0n) is 17.6. The number of carbonyl (C=O) groups is 2. The Kier molecular flexibility index (Phi) is 6.02. The van der Waals surface area contributed by atoms with Gasteiger partial charge >= 0.3 is 0 Å². The molecule has 4 rings (SSSR count). The number of oxazole rings is 1. The third-order valence-corrected chi connectivity index (χ3v) is 5.58. The molecule has 0 aliphatic carbocycles. The van der Waals surface area contributed by atoms with E-state index in [1.807, 2.05) is 48.5 Å². The molecule has 31 heavy (non-hydrogen) atoms. The summed E-state index contributed by atoms with van der Waals surface area (Å²) < 4.78 is 10.4. The van der Waals surface area contributed by atoms with Crippen LogP contribution in [0.15, 0.2) is 59.3 Å². The molecule has 0 spiro atoms. The number of nitrogens with one attached hydrogen (secondary N) is 1. The van der Waals surface area contributed by atoms with Crippen LogP contribution in [-0.2, 0) is 4.79 Å². The Labute approximate surface area is 181 Å². The van der Waals surface area contributed by atoms with E-state index in [1.165, 1.54) is 6.39 Å². The highest BCUT2D eigenvalue weighted by atomic mass is 16.5. The summed E-state index contributed by atoms with van der Waals surface area (Å²) in [5.74, 6) is 0.762. The number of hydrogen-bond acceptors (Lipinski definition) is 5. The molecule has 2 amide bonds. The van der Waals surface area contributed by atoms with E-state index in [0.29, 0.717) is 24.5 Å². The third kappa shape index (κ3) is 4.60. The van der Waals surface area contributed by atoms with Gasteiger partial charge in [-0.25, -0.2) is 4.98 Å². The predicted molar refractivity (Wildman–Crippen MR) is 117 cm³/mol. The fourth-order valence-corrected chi connectivity index (χ4v) is 3.83. The smallest absolute Gasteiger partial charge is 0.276 e. The number of hydrogen-bond donors (Lipinski definition) is 1. The fraction of sp³-hybridized carbons (Fsp3) is 0.292. The Morgan fingerprint density at radius 2 is 1.97 bits per heavy atom. The van der Waals surface area contributed by atoms with Crippen LogP contribution in [0.25, 0.3) is 11.1 Å². The second kappa shape index (κ2) is 9.04. The predicted octanol–water partition coefficient (Wildman–Crippen LogP) is 4.15. The minimum atomic E-state index is -0.261. The lowest BCUT2D eigenvalue weighted by molar-refractivity contribution is -0.121. The molecule has 1 atom stereocenters. The summed E-state index contributed by atoms with van der Waals surface area (Å²) in [6.07, 6.45) is 2.79. The maximum atomic E-state index is 12.8. The van der Waals surface area contributed by atoms with Crippen molar-refractivity contribution >= 4 is 17.5 Å². The van der Waals surface area contributed by atoms with Crippen molar-refractivity contribution < 1.29 is 18.7 Å². The first-order valence-electron chi connectivity index (χ1n) is 10.3. The summed E-state index contributed by atoms with van der Waals surface area (Å²) in [7, 11) is 1.64. The summed E-state index contributed by atoms with van der Waals surface area (Å²) in [5, 5.41) is 2.98. The minimum absolute atomic E-state index is 0.0801. The summed E-state index contributed by atoms with van der Waals surface area (Å²) in [4.78, 5) is 31.2. The van der Waals surface area contributed by atoms with Crippen LogP contribution in [-0.4, -0.2) is 41.9 Å². The lowest BCUT2D eigenvalue weighted by atomic mass is 9.96. The minimum Gasteiger partial charge on any atom is -0.497 e. The molecule has 7 heteroatoms. The molecule has 1 saturated heterocycles. The van der Waals surface area contributed by atoms with Gasteiger partial charge in [0.25, 0.3) is 5.91 Å². The molecule has 3 aromatic rings. The first kappa shape index (κ1) is 20.7. The first-order valence-corrected chi connectivity index (χ1v) is 10.3. The van der Waals surface area contributed by atoms with Gasteiger partial charge in [-0.05, 0) is 55.2 Å². The Morgan fingerprint density at radius 3 is 2.68 bits per heavy atom. The van der Waals surface area contributed by atoms with Gasteiger partial charge in [-0.1, -0.05) is 24.3 Å². The van der Waals surface area contributed by atoms with E-state index in [0.717, 1.165) is 35.4 Å². The van der Waals surface area contributed by atoms with Gasteiger partial charge in [-0.2, -0.15) is 0 Å². The number of likely N-dealkylation sites (tertiary alicyclic amines) is 1. The monoisotopic (exact) mass is 419 g/mol. The molecule has 1 N–H and O–H groups in total. The van der Waals surface area contributed by atoms with Gasteiger partial charge in [-0.3, -0.25) is 9.59 Å². The molecule has 1 fully saturated rings. The largest absolute Gasteiger partial charge is 0.497 e. The van der Waals surface area contributed by atoms with E-state index >= 15 is 0 Å². The quantitative estimate of drug-likeness (QED) is 0.672. The molecule has 0 radical (unpaired) electrons. The molecular formula is C24H25N3O4. The van der Waals surface area contributed by atoms with E-state index in [9.17, 15) is 9.59 Å². The molecular weight excluding hydrogens is 394 g/mol. The summed E-state index contributed by atoms with van der Waals surface area (Å²) in [6.45, 7) is 2.70. The average Bonchev–Trinajstić information content (AvgIpc) is 3.25. The number of nitrogens with zero attached hydrogens (tertiary/aromatic N) is 2. The van der Waals surface area contributed by atoms with E-state index in [2.05, 4.69) is 10.3 Å². The van der Waals surface area contributed by atoms with Crippen molar-refractivity contribution in [2.24, 2.45) is 5.92 Å². The van der Waals surface area contributed by atoms with E-state index < -0.39 is 0 Å². The number of aryl methyl sites for hydroxylation is 1. The van der Waals surface area contributed by atoms with E-state index in [-0.39, 0.29) is 17.7 Å². The number of methoxy groups -OCH3 is 1. The third-order valence-electron chi connectivity index (χ3n) is 5.58. The molecule has 160 valence electrons. The molecule has 1 aliphatic heterocycles. The van der Waals surface area contributed by atoms with Crippen LogP contribution in [0.1, 0.15) is 29.1 Å². The Balaban J connectivity index is 1.39. The second-order valence-electron chi connectivity index (χ2n) is 7.65. The number of aromatic nitrogens is 1. The molecule has 0 saturated carbocycles. The van der Waals surface area contributed by atoms with Gasteiger partial charge in [0, 0.05) is 18.8 Å². The molecule has 1 unspecified atom stereocenters. The van der Waals surface area contributed by atoms with Gasteiger partial charge in [0.1, 0.15) is 11.5 Å². The molecule has 0 bridgehead atoms. The Bertz CT molecular complexity index is 1070. The Morgan fingerprint density at radius 1 is 1.16 bits per heavy atom. The maximum Gasteiger partial charge on any atom is 0.276 e.